The van der Waals surface area contributed by atoms with Crippen LogP contribution in [0, 0.1) is 6.92 Å². The number of hydrogen-bond acceptors (Lipinski definition) is 6. The van der Waals surface area contributed by atoms with E-state index in [-0.39, 0.29) is 0 Å². The largest absolute Gasteiger partial charge is 0.461 e. The Bertz CT molecular complexity index is 777. The predicted octanol–water partition coefficient (Wildman–Crippen LogP) is 1.94. The second-order valence-corrected chi connectivity index (χ2v) is 5.00. The lowest BCUT2D eigenvalue weighted by atomic mass is 10.2. The minimum absolute atomic E-state index is 0.309. The van der Waals surface area contributed by atoms with Crippen LogP contribution in [0.25, 0.3) is 21.8 Å². The molecule has 7 heteroatoms. The molecule has 0 aliphatic carbocycles. The Labute approximate surface area is 112 Å². The average Bonchev–Trinajstić information content (AvgIpc) is 2.96. The SMILES string of the molecule is Cc1nc(-c2ccco2)nc2sc(C(N)=O)c(N)c12. The zero-order valence-electron chi connectivity index (χ0n) is 10.0. The standard InChI is InChI=1S/C12H10N4O2S/c1-5-7-8(13)9(10(14)17)19-12(7)16-11(15-5)6-3-2-4-18-6/h2-4H,13H2,1H3,(H2,14,17). The van der Waals surface area contributed by atoms with Gasteiger partial charge in [-0.2, -0.15) is 0 Å². The van der Waals surface area contributed by atoms with Crippen LogP contribution in [-0.4, -0.2) is 15.9 Å². The highest BCUT2D eigenvalue weighted by molar-refractivity contribution is 7.21. The number of anilines is 1. The van der Waals surface area contributed by atoms with E-state index in [2.05, 4.69) is 9.97 Å². The van der Waals surface area contributed by atoms with Crippen molar-refractivity contribution in [2.75, 3.05) is 5.73 Å². The van der Waals surface area contributed by atoms with Gasteiger partial charge in [0.1, 0.15) is 9.71 Å². The van der Waals surface area contributed by atoms with Crippen LogP contribution in [0.1, 0.15) is 15.4 Å². The van der Waals surface area contributed by atoms with Crippen molar-refractivity contribution in [3.05, 3.63) is 29.0 Å². The predicted molar refractivity (Wildman–Crippen MR) is 72.8 cm³/mol. The number of aryl methyl sites for hydroxylation is 1. The maximum Gasteiger partial charge on any atom is 0.260 e. The molecule has 3 rings (SSSR count). The van der Waals surface area contributed by atoms with Gasteiger partial charge in [0.05, 0.1) is 23.0 Å². The summed E-state index contributed by atoms with van der Waals surface area (Å²) in [5.74, 6) is 0.476. The maximum absolute atomic E-state index is 11.3. The molecule has 0 radical (unpaired) electrons. The third-order valence-corrected chi connectivity index (χ3v) is 3.85. The zero-order chi connectivity index (χ0) is 13.6. The first-order valence-corrected chi connectivity index (χ1v) is 6.30. The second-order valence-electron chi connectivity index (χ2n) is 4.00. The molecule has 1 amide bonds. The van der Waals surface area contributed by atoms with Gasteiger partial charge in [-0.15, -0.1) is 11.3 Å². The third kappa shape index (κ3) is 1.75. The summed E-state index contributed by atoms with van der Waals surface area (Å²) >= 11 is 1.17. The Hall–Kier alpha value is -2.41. The number of carbonyl (C=O) groups is 1. The molecule has 3 aromatic heterocycles. The minimum atomic E-state index is -0.556. The van der Waals surface area contributed by atoms with Crippen LogP contribution in [0.15, 0.2) is 22.8 Å². The van der Waals surface area contributed by atoms with E-state index in [1.54, 1.807) is 18.4 Å². The molecule has 0 saturated heterocycles. The molecule has 0 aliphatic rings. The molecular formula is C12H10N4O2S. The van der Waals surface area contributed by atoms with Gasteiger partial charge < -0.3 is 15.9 Å². The molecule has 0 bridgehead atoms. The lowest BCUT2D eigenvalue weighted by Crippen LogP contribution is -2.10. The molecule has 0 atom stereocenters. The van der Waals surface area contributed by atoms with Crippen molar-refractivity contribution in [3.8, 4) is 11.6 Å². The number of rotatable bonds is 2. The summed E-state index contributed by atoms with van der Waals surface area (Å²) in [7, 11) is 0. The summed E-state index contributed by atoms with van der Waals surface area (Å²) in [5.41, 5.74) is 12.2. The number of nitrogen functional groups attached to an aromatic ring is 1. The molecule has 0 aromatic carbocycles. The van der Waals surface area contributed by atoms with Crippen molar-refractivity contribution in [2.24, 2.45) is 5.73 Å². The molecule has 3 heterocycles. The number of thiophene rings is 1. The Balaban J connectivity index is 2.30. The number of carbonyl (C=O) groups excluding carboxylic acids is 1. The highest BCUT2D eigenvalue weighted by Gasteiger charge is 2.19. The van der Waals surface area contributed by atoms with Crippen LogP contribution in [-0.2, 0) is 0 Å². The van der Waals surface area contributed by atoms with Gasteiger partial charge in [-0.1, -0.05) is 0 Å². The highest BCUT2D eigenvalue weighted by atomic mass is 32.1. The molecule has 19 heavy (non-hydrogen) atoms. The number of nitrogens with two attached hydrogens (primary N) is 2. The van der Waals surface area contributed by atoms with Crippen molar-refractivity contribution in [3.63, 3.8) is 0 Å². The van der Waals surface area contributed by atoms with Crippen molar-refractivity contribution in [1.29, 1.82) is 0 Å². The van der Waals surface area contributed by atoms with Gasteiger partial charge >= 0.3 is 0 Å². The van der Waals surface area contributed by atoms with Gasteiger partial charge in [0.2, 0.25) is 0 Å². The third-order valence-electron chi connectivity index (χ3n) is 2.73. The molecule has 6 nitrogen and oxygen atoms in total. The van der Waals surface area contributed by atoms with Gasteiger partial charge in [0, 0.05) is 0 Å². The summed E-state index contributed by atoms with van der Waals surface area (Å²) in [6, 6.07) is 3.53. The van der Waals surface area contributed by atoms with Crippen molar-refractivity contribution in [2.45, 2.75) is 6.92 Å². The highest BCUT2D eigenvalue weighted by Crippen LogP contribution is 2.34. The first kappa shape index (κ1) is 11.7. The fourth-order valence-corrected chi connectivity index (χ4v) is 2.89. The monoisotopic (exact) mass is 274 g/mol. The van der Waals surface area contributed by atoms with Gasteiger partial charge in [-0.05, 0) is 19.1 Å². The molecule has 0 aliphatic heterocycles. The summed E-state index contributed by atoms with van der Waals surface area (Å²) in [5, 5.41) is 0.675. The maximum atomic E-state index is 11.3. The first-order valence-electron chi connectivity index (χ1n) is 5.48. The van der Waals surface area contributed by atoms with Gasteiger partial charge in [-0.3, -0.25) is 4.79 Å². The van der Waals surface area contributed by atoms with E-state index < -0.39 is 5.91 Å². The van der Waals surface area contributed by atoms with E-state index in [1.165, 1.54) is 11.3 Å². The van der Waals surface area contributed by atoms with Gasteiger partial charge in [0.15, 0.2) is 11.6 Å². The fourth-order valence-electron chi connectivity index (χ4n) is 1.89. The number of fused-ring (bicyclic) bond motifs is 1. The van der Waals surface area contributed by atoms with Crippen LogP contribution in [0.4, 0.5) is 5.69 Å². The number of hydrogen-bond donors (Lipinski definition) is 2. The van der Waals surface area contributed by atoms with E-state index >= 15 is 0 Å². The number of amides is 1. The van der Waals surface area contributed by atoms with E-state index in [0.717, 1.165) is 0 Å². The molecule has 0 fully saturated rings. The average molecular weight is 274 g/mol. The Morgan fingerprint density at radius 1 is 1.42 bits per heavy atom. The molecule has 96 valence electrons. The zero-order valence-corrected chi connectivity index (χ0v) is 10.8. The van der Waals surface area contributed by atoms with E-state index in [9.17, 15) is 4.79 Å². The van der Waals surface area contributed by atoms with E-state index in [0.29, 0.717) is 38.1 Å². The molecule has 4 N–H and O–H groups in total. The quantitative estimate of drug-likeness (QED) is 0.742. The number of aromatic nitrogens is 2. The topological polar surface area (TPSA) is 108 Å². The second kappa shape index (κ2) is 4.06. The van der Waals surface area contributed by atoms with Crippen molar-refractivity contribution in [1.82, 2.24) is 9.97 Å². The molecule has 0 saturated carbocycles. The molecule has 3 aromatic rings. The van der Waals surface area contributed by atoms with Crippen LogP contribution in [0.2, 0.25) is 0 Å². The summed E-state index contributed by atoms with van der Waals surface area (Å²) in [6.07, 6.45) is 1.55. The van der Waals surface area contributed by atoms with Crippen molar-refractivity contribution >= 4 is 33.1 Å². The Morgan fingerprint density at radius 2 is 2.21 bits per heavy atom. The summed E-state index contributed by atoms with van der Waals surface area (Å²) in [4.78, 5) is 21.0. The molecule has 0 spiro atoms. The smallest absolute Gasteiger partial charge is 0.260 e. The summed E-state index contributed by atoms with van der Waals surface area (Å²) < 4.78 is 5.26. The van der Waals surface area contributed by atoms with E-state index in [1.807, 2.05) is 6.92 Å². The number of furan rings is 1. The lowest BCUT2D eigenvalue weighted by Gasteiger charge is -2.00. The fraction of sp³-hybridized carbons (Fsp3) is 0.0833. The normalized spacial score (nSPS) is 11.0. The van der Waals surface area contributed by atoms with Gasteiger partial charge in [0.25, 0.3) is 5.91 Å². The van der Waals surface area contributed by atoms with Crippen LogP contribution in [0.3, 0.4) is 0 Å². The minimum Gasteiger partial charge on any atom is -0.461 e. The number of nitrogens with zero attached hydrogens (tertiary/aromatic N) is 2. The number of primary amides is 1. The summed E-state index contributed by atoms with van der Waals surface area (Å²) in [6.45, 7) is 1.81. The first-order chi connectivity index (χ1) is 9.08. The van der Waals surface area contributed by atoms with E-state index in [4.69, 9.17) is 15.9 Å². The Kier molecular flexibility index (Phi) is 2.49. The molecular weight excluding hydrogens is 264 g/mol. The van der Waals surface area contributed by atoms with Crippen LogP contribution in [0.5, 0.6) is 0 Å². The van der Waals surface area contributed by atoms with Crippen molar-refractivity contribution < 1.29 is 9.21 Å². The van der Waals surface area contributed by atoms with Crippen LogP contribution < -0.4 is 11.5 Å². The van der Waals surface area contributed by atoms with Gasteiger partial charge in [-0.25, -0.2) is 9.97 Å². The Morgan fingerprint density at radius 3 is 2.84 bits per heavy atom. The molecule has 0 unspecified atom stereocenters. The van der Waals surface area contributed by atoms with Crippen LogP contribution >= 0.6 is 11.3 Å². The lowest BCUT2D eigenvalue weighted by molar-refractivity contribution is 0.100.